The zero-order valence-corrected chi connectivity index (χ0v) is 21.4. The minimum Gasteiger partial charge on any atom is -0.497 e. The summed E-state index contributed by atoms with van der Waals surface area (Å²) in [6.45, 7) is 4.71. The second-order valence-electron chi connectivity index (χ2n) is 8.83. The van der Waals surface area contributed by atoms with Crippen molar-refractivity contribution in [1.82, 2.24) is 10.2 Å². The average molecular weight is 489 g/mol. The lowest BCUT2D eigenvalue weighted by Gasteiger charge is -2.31. The summed E-state index contributed by atoms with van der Waals surface area (Å²) in [5.41, 5.74) is 2.90. The van der Waals surface area contributed by atoms with Crippen LogP contribution in [0.3, 0.4) is 0 Å². The van der Waals surface area contributed by atoms with Gasteiger partial charge in [0.05, 0.1) is 7.11 Å². The molecule has 6 nitrogen and oxygen atoms in total. The molecular formula is C30H36N2O4. The van der Waals surface area contributed by atoms with E-state index in [1.807, 2.05) is 85.8 Å². The predicted octanol–water partition coefficient (Wildman–Crippen LogP) is 4.94. The first-order valence-electron chi connectivity index (χ1n) is 12.4. The molecular weight excluding hydrogens is 452 g/mol. The maximum Gasteiger partial charge on any atom is 0.261 e. The zero-order chi connectivity index (χ0) is 25.8. The van der Waals surface area contributed by atoms with E-state index >= 15 is 0 Å². The van der Waals surface area contributed by atoms with Gasteiger partial charge in [-0.2, -0.15) is 0 Å². The lowest BCUT2D eigenvalue weighted by atomic mass is 10.0. The molecule has 3 aromatic carbocycles. The summed E-state index contributed by atoms with van der Waals surface area (Å²) in [4.78, 5) is 28.7. The number of benzene rings is 3. The SMILES string of the molecule is CCCCNC(=O)C(Cc1ccccc1)N(Cc1cccc(OC)c1)C(=O)COc1cccc(C)c1. The van der Waals surface area contributed by atoms with E-state index in [9.17, 15) is 9.59 Å². The minimum atomic E-state index is -0.691. The van der Waals surface area contributed by atoms with E-state index in [1.54, 1.807) is 12.0 Å². The van der Waals surface area contributed by atoms with Gasteiger partial charge in [0.2, 0.25) is 5.91 Å². The number of unbranched alkanes of at least 4 members (excludes halogenated alkanes) is 1. The highest BCUT2D eigenvalue weighted by molar-refractivity contribution is 5.88. The van der Waals surface area contributed by atoms with Gasteiger partial charge in [-0.3, -0.25) is 9.59 Å². The monoisotopic (exact) mass is 488 g/mol. The number of carbonyl (C=O) groups is 2. The number of methoxy groups -OCH3 is 1. The number of hydrogen-bond acceptors (Lipinski definition) is 4. The number of aryl methyl sites for hydroxylation is 1. The molecule has 0 aromatic heterocycles. The van der Waals surface area contributed by atoms with Crippen LogP contribution in [0.25, 0.3) is 0 Å². The van der Waals surface area contributed by atoms with Crippen molar-refractivity contribution in [3.63, 3.8) is 0 Å². The number of carbonyl (C=O) groups excluding carboxylic acids is 2. The molecule has 0 saturated carbocycles. The normalized spacial score (nSPS) is 11.4. The van der Waals surface area contributed by atoms with Crippen molar-refractivity contribution in [2.75, 3.05) is 20.3 Å². The van der Waals surface area contributed by atoms with E-state index in [4.69, 9.17) is 9.47 Å². The highest BCUT2D eigenvalue weighted by Gasteiger charge is 2.30. The third-order valence-corrected chi connectivity index (χ3v) is 5.94. The molecule has 0 saturated heterocycles. The Kier molecular flexibility index (Phi) is 10.4. The molecule has 0 bridgehead atoms. The fourth-order valence-corrected chi connectivity index (χ4v) is 3.96. The van der Waals surface area contributed by atoms with Crippen molar-refractivity contribution in [2.24, 2.45) is 0 Å². The van der Waals surface area contributed by atoms with E-state index in [-0.39, 0.29) is 25.0 Å². The summed E-state index contributed by atoms with van der Waals surface area (Å²) < 4.78 is 11.2. The van der Waals surface area contributed by atoms with Crippen LogP contribution in [0.4, 0.5) is 0 Å². The van der Waals surface area contributed by atoms with E-state index < -0.39 is 6.04 Å². The maximum absolute atomic E-state index is 13.6. The second kappa shape index (κ2) is 13.9. The van der Waals surface area contributed by atoms with Crippen molar-refractivity contribution in [3.8, 4) is 11.5 Å². The first-order chi connectivity index (χ1) is 17.5. The Morgan fingerprint density at radius 3 is 2.36 bits per heavy atom. The molecule has 190 valence electrons. The Bertz CT molecular complexity index is 1120. The summed E-state index contributed by atoms with van der Waals surface area (Å²) in [5.74, 6) is 0.893. The van der Waals surface area contributed by atoms with Gasteiger partial charge in [-0.15, -0.1) is 0 Å². The summed E-state index contributed by atoms with van der Waals surface area (Å²) in [7, 11) is 1.61. The summed E-state index contributed by atoms with van der Waals surface area (Å²) in [6, 6.07) is 24.2. The van der Waals surface area contributed by atoms with E-state index in [1.165, 1.54) is 0 Å². The fraction of sp³-hybridized carbons (Fsp3) is 0.333. The lowest BCUT2D eigenvalue weighted by Crippen LogP contribution is -2.51. The summed E-state index contributed by atoms with van der Waals surface area (Å²) >= 11 is 0. The number of amides is 2. The van der Waals surface area contributed by atoms with Gasteiger partial charge in [-0.05, 0) is 54.3 Å². The van der Waals surface area contributed by atoms with Crippen molar-refractivity contribution in [3.05, 3.63) is 95.6 Å². The first-order valence-corrected chi connectivity index (χ1v) is 12.4. The highest BCUT2D eigenvalue weighted by Crippen LogP contribution is 2.19. The van der Waals surface area contributed by atoms with Crippen LogP contribution in [0.1, 0.15) is 36.5 Å². The Hall–Kier alpha value is -3.80. The topological polar surface area (TPSA) is 67.9 Å². The average Bonchev–Trinajstić information content (AvgIpc) is 2.90. The molecule has 0 heterocycles. The molecule has 6 heteroatoms. The van der Waals surface area contributed by atoms with Gasteiger partial charge < -0.3 is 19.7 Å². The smallest absolute Gasteiger partial charge is 0.261 e. The molecule has 0 aliphatic carbocycles. The Labute approximate surface area is 214 Å². The largest absolute Gasteiger partial charge is 0.497 e. The summed E-state index contributed by atoms with van der Waals surface area (Å²) in [6.07, 6.45) is 2.25. The minimum absolute atomic E-state index is 0.166. The van der Waals surface area contributed by atoms with Gasteiger partial charge in [0.15, 0.2) is 6.61 Å². The van der Waals surface area contributed by atoms with Gasteiger partial charge in [-0.1, -0.05) is 67.9 Å². The molecule has 36 heavy (non-hydrogen) atoms. The molecule has 1 N–H and O–H groups in total. The van der Waals surface area contributed by atoms with Gasteiger partial charge in [0, 0.05) is 19.5 Å². The molecule has 0 radical (unpaired) electrons. The maximum atomic E-state index is 13.6. The van der Waals surface area contributed by atoms with Crippen molar-refractivity contribution in [2.45, 2.75) is 45.7 Å². The molecule has 0 aliphatic rings. The van der Waals surface area contributed by atoms with Gasteiger partial charge in [0.25, 0.3) is 5.91 Å². The molecule has 1 unspecified atom stereocenters. The molecule has 1 atom stereocenters. The predicted molar refractivity (Wildman–Crippen MR) is 142 cm³/mol. The number of ether oxygens (including phenoxy) is 2. The van der Waals surface area contributed by atoms with Crippen LogP contribution >= 0.6 is 0 Å². The fourth-order valence-electron chi connectivity index (χ4n) is 3.96. The third kappa shape index (κ3) is 8.15. The number of hydrogen-bond donors (Lipinski definition) is 1. The highest BCUT2D eigenvalue weighted by atomic mass is 16.5. The van der Waals surface area contributed by atoms with E-state index in [0.717, 1.165) is 29.5 Å². The quantitative estimate of drug-likeness (QED) is 0.346. The zero-order valence-electron chi connectivity index (χ0n) is 21.4. The Balaban J connectivity index is 1.90. The van der Waals surface area contributed by atoms with Crippen LogP contribution in [-0.2, 0) is 22.6 Å². The van der Waals surface area contributed by atoms with E-state index in [2.05, 4.69) is 12.2 Å². The number of nitrogens with zero attached hydrogens (tertiary/aromatic N) is 1. The molecule has 0 fully saturated rings. The van der Waals surface area contributed by atoms with Crippen molar-refractivity contribution < 1.29 is 19.1 Å². The molecule has 0 spiro atoms. The van der Waals surface area contributed by atoms with Crippen LogP contribution in [0.5, 0.6) is 11.5 Å². The van der Waals surface area contributed by atoms with Crippen LogP contribution in [0.2, 0.25) is 0 Å². The van der Waals surface area contributed by atoms with Gasteiger partial charge >= 0.3 is 0 Å². The van der Waals surface area contributed by atoms with E-state index in [0.29, 0.717) is 24.5 Å². The lowest BCUT2D eigenvalue weighted by molar-refractivity contribution is -0.142. The van der Waals surface area contributed by atoms with Crippen LogP contribution in [0, 0.1) is 6.92 Å². The molecule has 0 aliphatic heterocycles. The Morgan fingerprint density at radius 2 is 1.64 bits per heavy atom. The number of rotatable bonds is 13. The Morgan fingerprint density at radius 1 is 0.917 bits per heavy atom. The first kappa shape index (κ1) is 26.8. The summed E-state index contributed by atoms with van der Waals surface area (Å²) in [5, 5.41) is 3.03. The molecule has 3 rings (SSSR count). The second-order valence-corrected chi connectivity index (χ2v) is 8.83. The number of nitrogens with one attached hydrogen (secondary N) is 1. The standard InChI is InChI=1S/C30H36N2O4/c1-4-5-17-31-30(34)28(20-24-12-7-6-8-13-24)32(21-25-14-10-15-26(19-25)35-3)29(33)22-36-27-16-9-11-23(2)18-27/h6-16,18-19,28H,4-5,17,20-22H2,1-3H3,(H,31,34). The van der Waals surface area contributed by atoms with Crippen molar-refractivity contribution in [1.29, 1.82) is 0 Å². The van der Waals surface area contributed by atoms with Crippen molar-refractivity contribution >= 4 is 11.8 Å². The van der Waals surface area contributed by atoms with Crippen LogP contribution in [0.15, 0.2) is 78.9 Å². The van der Waals surface area contributed by atoms with Crippen LogP contribution < -0.4 is 14.8 Å². The molecule has 2 amide bonds. The third-order valence-electron chi connectivity index (χ3n) is 5.94. The van der Waals surface area contributed by atoms with Crippen LogP contribution in [-0.4, -0.2) is 43.0 Å². The molecule has 3 aromatic rings. The van der Waals surface area contributed by atoms with Gasteiger partial charge in [0.1, 0.15) is 17.5 Å². The van der Waals surface area contributed by atoms with Gasteiger partial charge in [-0.25, -0.2) is 0 Å².